The lowest BCUT2D eigenvalue weighted by Crippen LogP contribution is -2.05. The SMILES string of the molecule is COC(=O)c1cc(N=O)c(N=O)c(ON)c1. The van der Waals surface area contributed by atoms with Crippen LogP contribution in [0.3, 0.4) is 0 Å². The lowest BCUT2D eigenvalue weighted by atomic mass is 10.1. The molecule has 8 heteroatoms. The molecule has 2 N–H and O–H groups in total. The van der Waals surface area contributed by atoms with Crippen LogP contribution in [0, 0.1) is 9.81 Å². The van der Waals surface area contributed by atoms with Crippen LogP contribution in [0.5, 0.6) is 5.75 Å². The lowest BCUT2D eigenvalue weighted by Gasteiger charge is -2.05. The molecule has 84 valence electrons. The second-order valence-corrected chi connectivity index (χ2v) is 2.63. The number of ether oxygens (including phenoxy) is 1. The number of methoxy groups -OCH3 is 1. The van der Waals surface area contributed by atoms with Gasteiger partial charge in [0.1, 0.15) is 5.69 Å². The Hall–Kier alpha value is -2.35. The highest BCUT2D eigenvalue weighted by Gasteiger charge is 2.17. The summed E-state index contributed by atoms with van der Waals surface area (Å²) in [4.78, 5) is 36.3. The normalized spacial score (nSPS) is 9.38. The zero-order chi connectivity index (χ0) is 12.1. The van der Waals surface area contributed by atoms with E-state index in [0.717, 1.165) is 19.2 Å². The average Bonchev–Trinajstić information content (AvgIpc) is 2.35. The van der Waals surface area contributed by atoms with E-state index < -0.39 is 5.97 Å². The topological polar surface area (TPSA) is 120 Å². The van der Waals surface area contributed by atoms with E-state index in [9.17, 15) is 14.6 Å². The number of nitroso groups, excluding NO2 is 2. The van der Waals surface area contributed by atoms with E-state index in [1.807, 2.05) is 0 Å². The summed E-state index contributed by atoms with van der Waals surface area (Å²) in [6, 6.07) is 2.18. The number of carbonyl (C=O) groups excluding carboxylic acids is 1. The van der Waals surface area contributed by atoms with Gasteiger partial charge in [-0.05, 0) is 22.5 Å². The average molecular weight is 225 g/mol. The third kappa shape index (κ3) is 2.01. The highest BCUT2D eigenvalue weighted by atomic mass is 16.6. The van der Waals surface area contributed by atoms with E-state index in [2.05, 4.69) is 19.9 Å². The van der Waals surface area contributed by atoms with E-state index in [0.29, 0.717) is 0 Å². The zero-order valence-corrected chi connectivity index (χ0v) is 8.17. The second kappa shape index (κ2) is 4.94. The molecule has 0 atom stereocenters. The summed E-state index contributed by atoms with van der Waals surface area (Å²) < 4.78 is 4.42. The maximum Gasteiger partial charge on any atom is 0.338 e. The first kappa shape index (κ1) is 11.7. The molecule has 0 spiro atoms. The summed E-state index contributed by atoms with van der Waals surface area (Å²) in [6.45, 7) is 0. The summed E-state index contributed by atoms with van der Waals surface area (Å²) >= 11 is 0. The molecular weight excluding hydrogens is 218 g/mol. The van der Waals surface area contributed by atoms with Gasteiger partial charge in [0.25, 0.3) is 0 Å². The van der Waals surface area contributed by atoms with Crippen LogP contribution in [0.4, 0.5) is 11.4 Å². The summed E-state index contributed by atoms with van der Waals surface area (Å²) in [5.74, 6) is 3.91. The van der Waals surface area contributed by atoms with Crippen molar-refractivity contribution in [3.05, 3.63) is 27.5 Å². The van der Waals surface area contributed by atoms with Gasteiger partial charge in [-0.25, -0.2) is 4.79 Å². The largest absolute Gasteiger partial charge is 0.465 e. The van der Waals surface area contributed by atoms with E-state index in [1.54, 1.807) is 0 Å². The van der Waals surface area contributed by atoms with Crippen LogP contribution in [-0.4, -0.2) is 13.1 Å². The number of nitrogens with two attached hydrogens (primary N) is 1. The van der Waals surface area contributed by atoms with Crippen LogP contribution in [0.1, 0.15) is 10.4 Å². The van der Waals surface area contributed by atoms with Crippen LogP contribution in [-0.2, 0) is 4.74 Å². The van der Waals surface area contributed by atoms with Gasteiger partial charge in [-0.1, -0.05) is 0 Å². The Labute approximate surface area is 89.2 Å². The fourth-order valence-electron chi connectivity index (χ4n) is 1.08. The summed E-state index contributed by atoms with van der Waals surface area (Å²) in [5, 5.41) is 5.08. The molecule has 0 aliphatic carbocycles. The monoisotopic (exact) mass is 225 g/mol. The van der Waals surface area contributed by atoms with Crippen molar-refractivity contribution in [3.8, 4) is 5.75 Å². The molecule has 1 aromatic rings. The second-order valence-electron chi connectivity index (χ2n) is 2.63. The maximum absolute atomic E-state index is 11.2. The van der Waals surface area contributed by atoms with E-state index in [1.165, 1.54) is 0 Å². The molecule has 0 aliphatic rings. The number of benzene rings is 1. The number of carbonyl (C=O) groups is 1. The Bertz CT molecular complexity index is 446. The summed E-state index contributed by atoms with van der Waals surface area (Å²) in [6.07, 6.45) is 0. The highest BCUT2D eigenvalue weighted by molar-refractivity contribution is 5.93. The smallest absolute Gasteiger partial charge is 0.338 e. The van der Waals surface area contributed by atoms with Gasteiger partial charge < -0.3 is 9.57 Å². The third-order valence-electron chi connectivity index (χ3n) is 1.79. The van der Waals surface area contributed by atoms with Crippen molar-refractivity contribution >= 4 is 17.3 Å². The molecule has 0 radical (unpaired) electrons. The first-order valence-electron chi connectivity index (χ1n) is 3.97. The van der Waals surface area contributed by atoms with Crippen molar-refractivity contribution in [2.45, 2.75) is 0 Å². The van der Waals surface area contributed by atoms with Crippen molar-refractivity contribution < 1.29 is 14.4 Å². The Morgan fingerprint density at radius 2 is 2.00 bits per heavy atom. The van der Waals surface area contributed by atoms with Gasteiger partial charge in [-0.3, -0.25) is 0 Å². The Morgan fingerprint density at radius 3 is 2.44 bits per heavy atom. The molecule has 0 amide bonds. The predicted molar refractivity (Wildman–Crippen MR) is 53.5 cm³/mol. The molecule has 0 heterocycles. The molecule has 0 saturated heterocycles. The van der Waals surface area contributed by atoms with Crippen molar-refractivity contribution in [1.29, 1.82) is 0 Å². The van der Waals surface area contributed by atoms with Gasteiger partial charge in [-0.15, -0.1) is 9.81 Å². The fourth-order valence-corrected chi connectivity index (χ4v) is 1.08. The summed E-state index contributed by atoms with van der Waals surface area (Å²) in [7, 11) is 1.16. The molecule has 1 rings (SSSR count). The molecule has 8 nitrogen and oxygen atoms in total. The van der Waals surface area contributed by atoms with Gasteiger partial charge in [0.05, 0.1) is 12.7 Å². The molecule has 1 aromatic carbocycles. The number of esters is 1. The van der Waals surface area contributed by atoms with Crippen LogP contribution in [0.15, 0.2) is 22.5 Å². The van der Waals surface area contributed by atoms with Crippen LogP contribution in [0.25, 0.3) is 0 Å². The first-order chi connectivity index (χ1) is 7.67. The third-order valence-corrected chi connectivity index (χ3v) is 1.79. The van der Waals surface area contributed by atoms with Crippen molar-refractivity contribution in [2.24, 2.45) is 16.3 Å². The number of hydrogen-bond donors (Lipinski definition) is 1. The molecule has 0 fully saturated rings. The molecule has 0 unspecified atom stereocenters. The molecular formula is C8H7N3O5. The molecule has 0 saturated carbocycles. The van der Waals surface area contributed by atoms with Crippen LogP contribution in [0.2, 0.25) is 0 Å². The first-order valence-corrected chi connectivity index (χ1v) is 3.97. The van der Waals surface area contributed by atoms with Gasteiger partial charge in [-0.2, -0.15) is 5.90 Å². The van der Waals surface area contributed by atoms with E-state index >= 15 is 0 Å². The Balaban J connectivity index is 3.42. The van der Waals surface area contributed by atoms with Crippen molar-refractivity contribution in [2.75, 3.05) is 7.11 Å². The fraction of sp³-hybridized carbons (Fsp3) is 0.125. The van der Waals surface area contributed by atoms with Gasteiger partial charge >= 0.3 is 5.97 Å². The number of rotatable bonds is 4. The van der Waals surface area contributed by atoms with Gasteiger partial charge in [0.15, 0.2) is 11.4 Å². The van der Waals surface area contributed by atoms with E-state index in [-0.39, 0.29) is 22.7 Å². The lowest BCUT2D eigenvalue weighted by molar-refractivity contribution is 0.0600. The minimum Gasteiger partial charge on any atom is -0.465 e. The minimum atomic E-state index is -0.722. The van der Waals surface area contributed by atoms with Gasteiger partial charge in [0.2, 0.25) is 0 Å². The maximum atomic E-state index is 11.2. The standard InChI is InChI=1S/C8H7N3O5/c1-15-8(12)4-2-5(10-13)7(11-14)6(3-4)16-9/h2-3H,9H2,1H3. The predicted octanol–water partition coefficient (Wildman–Crippen LogP) is 1.52. The zero-order valence-electron chi connectivity index (χ0n) is 8.17. The van der Waals surface area contributed by atoms with E-state index in [4.69, 9.17) is 5.90 Å². The molecule has 0 bridgehead atoms. The highest BCUT2D eigenvalue weighted by Crippen LogP contribution is 2.38. The van der Waals surface area contributed by atoms with Crippen molar-refractivity contribution in [1.82, 2.24) is 0 Å². The Kier molecular flexibility index (Phi) is 3.62. The quantitative estimate of drug-likeness (QED) is 0.471. The minimum absolute atomic E-state index is 0.0232. The Morgan fingerprint density at radius 1 is 1.31 bits per heavy atom. The number of nitrogens with zero attached hydrogens (tertiary/aromatic N) is 2. The molecule has 0 aliphatic heterocycles. The van der Waals surface area contributed by atoms with Gasteiger partial charge in [0, 0.05) is 0 Å². The molecule has 16 heavy (non-hydrogen) atoms. The number of hydrogen-bond acceptors (Lipinski definition) is 8. The van der Waals surface area contributed by atoms with Crippen LogP contribution >= 0.6 is 0 Å². The molecule has 0 aromatic heterocycles. The van der Waals surface area contributed by atoms with Crippen molar-refractivity contribution in [3.63, 3.8) is 0 Å². The van der Waals surface area contributed by atoms with Crippen LogP contribution < -0.4 is 10.7 Å². The summed E-state index contributed by atoms with van der Waals surface area (Å²) in [5.41, 5.74) is -0.742.